The van der Waals surface area contributed by atoms with E-state index in [1.54, 1.807) is 7.05 Å². The number of rotatable bonds is 3. The third-order valence-electron chi connectivity index (χ3n) is 1.58. The van der Waals surface area contributed by atoms with Gasteiger partial charge in [0.25, 0.3) is 0 Å². The van der Waals surface area contributed by atoms with Crippen LogP contribution in [0.3, 0.4) is 0 Å². The quantitative estimate of drug-likeness (QED) is 0.601. The number of nitrogens with two attached hydrogens (primary N) is 1. The molecular formula is C8H14N2O2. The van der Waals surface area contributed by atoms with Crippen LogP contribution < -0.4 is 5.73 Å². The average Bonchev–Trinajstić information content (AvgIpc) is 2.02. The van der Waals surface area contributed by atoms with Gasteiger partial charge >= 0.3 is 0 Å². The fraction of sp³-hybridized carbons (Fsp3) is 0.500. The van der Waals surface area contributed by atoms with E-state index in [0.717, 1.165) is 0 Å². The lowest BCUT2D eigenvalue weighted by atomic mass is 10.2. The van der Waals surface area contributed by atoms with Gasteiger partial charge in [0.15, 0.2) is 0 Å². The minimum atomic E-state index is -0.562. The Kier molecular flexibility index (Phi) is 4.04. The van der Waals surface area contributed by atoms with Crippen LogP contribution in [-0.2, 0) is 9.59 Å². The van der Waals surface area contributed by atoms with E-state index >= 15 is 0 Å². The predicted octanol–water partition coefficient (Wildman–Crippen LogP) is -0.104. The van der Waals surface area contributed by atoms with Crippen molar-refractivity contribution in [2.24, 2.45) is 5.73 Å². The van der Waals surface area contributed by atoms with Crippen molar-refractivity contribution >= 4 is 11.8 Å². The van der Waals surface area contributed by atoms with E-state index in [9.17, 15) is 9.59 Å². The van der Waals surface area contributed by atoms with Gasteiger partial charge in [0.1, 0.15) is 0 Å². The zero-order valence-electron chi connectivity index (χ0n) is 7.63. The number of likely N-dealkylation sites (N-methyl/N-ethyl adjacent to an activating group) is 1. The predicted molar refractivity (Wildman–Crippen MR) is 46.3 cm³/mol. The van der Waals surface area contributed by atoms with Gasteiger partial charge in [0.05, 0.1) is 0 Å². The molecule has 0 aromatic carbocycles. The Labute approximate surface area is 72.0 Å². The molecule has 0 atom stereocenters. The molecule has 0 rings (SSSR count). The van der Waals surface area contributed by atoms with Gasteiger partial charge < -0.3 is 10.6 Å². The van der Waals surface area contributed by atoms with Crippen LogP contribution in [0.15, 0.2) is 11.6 Å². The largest absolute Gasteiger partial charge is 0.366 e. The van der Waals surface area contributed by atoms with E-state index < -0.39 is 5.91 Å². The maximum atomic E-state index is 11.1. The van der Waals surface area contributed by atoms with E-state index in [4.69, 9.17) is 5.73 Å². The summed E-state index contributed by atoms with van der Waals surface area (Å²) >= 11 is 0. The lowest BCUT2D eigenvalue weighted by molar-refractivity contribution is -0.125. The van der Waals surface area contributed by atoms with Crippen molar-refractivity contribution in [3.05, 3.63) is 11.6 Å². The second kappa shape index (κ2) is 4.54. The minimum Gasteiger partial charge on any atom is -0.366 e. The van der Waals surface area contributed by atoms with Crippen LogP contribution in [0.5, 0.6) is 0 Å². The van der Waals surface area contributed by atoms with Crippen LogP contribution in [0.1, 0.15) is 13.8 Å². The third-order valence-corrected chi connectivity index (χ3v) is 1.58. The fourth-order valence-electron chi connectivity index (χ4n) is 0.522. The molecule has 0 saturated carbocycles. The second-order valence-electron chi connectivity index (χ2n) is 2.54. The van der Waals surface area contributed by atoms with Crippen molar-refractivity contribution in [1.29, 1.82) is 0 Å². The number of hydrogen-bond acceptors (Lipinski definition) is 2. The van der Waals surface area contributed by atoms with Crippen molar-refractivity contribution in [1.82, 2.24) is 4.90 Å². The van der Waals surface area contributed by atoms with E-state index in [2.05, 4.69) is 0 Å². The number of carbonyl (C=O) groups excluding carboxylic acids is 2. The van der Waals surface area contributed by atoms with Gasteiger partial charge in [-0.15, -0.1) is 0 Å². The second-order valence-corrected chi connectivity index (χ2v) is 2.54. The molecule has 4 nitrogen and oxygen atoms in total. The molecule has 0 unspecified atom stereocenters. The van der Waals surface area contributed by atoms with Crippen LogP contribution in [0, 0.1) is 0 Å². The molecule has 68 valence electrons. The number of nitrogens with zero attached hydrogens (tertiary/aromatic N) is 1. The Morgan fingerprint density at radius 1 is 1.50 bits per heavy atom. The molecule has 0 aliphatic heterocycles. The molecule has 12 heavy (non-hydrogen) atoms. The van der Waals surface area contributed by atoms with Crippen LogP contribution in [0.2, 0.25) is 0 Å². The maximum Gasteiger partial charge on any atom is 0.246 e. The summed E-state index contributed by atoms with van der Waals surface area (Å²) in [5, 5.41) is 0. The summed E-state index contributed by atoms with van der Waals surface area (Å²) in [4.78, 5) is 23.2. The molecule has 0 aromatic rings. The molecule has 4 heteroatoms. The van der Waals surface area contributed by atoms with Crippen LogP contribution in [0.4, 0.5) is 0 Å². The minimum absolute atomic E-state index is 0.200. The van der Waals surface area contributed by atoms with Crippen molar-refractivity contribution in [2.45, 2.75) is 13.8 Å². The summed E-state index contributed by atoms with van der Waals surface area (Å²) in [6.07, 6.45) is 1.24. The van der Waals surface area contributed by atoms with Gasteiger partial charge in [-0.2, -0.15) is 0 Å². The van der Waals surface area contributed by atoms with E-state index in [1.165, 1.54) is 17.9 Å². The first-order valence-corrected chi connectivity index (χ1v) is 3.72. The third kappa shape index (κ3) is 3.18. The highest BCUT2D eigenvalue weighted by molar-refractivity contribution is 5.99. The first kappa shape index (κ1) is 10.7. The lowest BCUT2D eigenvalue weighted by Gasteiger charge is -2.11. The Bertz CT molecular complexity index is 221. The topological polar surface area (TPSA) is 63.4 Å². The smallest absolute Gasteiger partial charge is 0.246 e. The Hall–Kier alpha value is -1.32. The molecule has 2 N–H and O–H groups in total. The maximum absolute atomic E-state index is 11.1. The number of amides is 2. The van der Waals surface area contributed by atoms with Gasteiger partial charge in [0.2, 0.25) is 11.8 Å². The summed E-state index contributed by atoms with van der Waals surface area (Å²) in [6.45, 7) is 3.98. The lowest BCUT2D eigenvalue weighted by Crippen LogP contribution is -2.25. The summed E-state index contributed by atoms with van der Waals surface area (Å²) in [5.74, 6) is -0.762. The molecule has 0 aromatic heterocycles. The average molecular weight is 170 g/mol. The molecular weight excluding hydrogens is 156 g/mol. The SMILES string of the molecule is CCN(C)C(=O)/C=C(\C)C(N)=O. The van der Waals surface area contributed by atoms with Crippen LogP contribution in [0.25, 0.3) is 0 Å². The van der Waals surface area contributed by atoms with Gasteiger partial charge in [0, 0.05) is 25.2 Å². The van der Waals surface area contributed by atoms with Crippen molar-refractivity contribution in [3.63, 3.8) is 0 Å². The summed E-state index contributed by atoms with van der Waals surface area (Å²) in [6, 6.07) is 0. The zero-order valence-corrected chi connectivity index (χ0v) is 7.63. The molecule has 0 aliphatic rings. The van der Waals surface area contributed by atoms with Crippen LogP contribution >= 0.6 is 0 Å². The molecule has 0 saturated heterocycles. The molecule has 2 amide bonds. The molecule has 0 spiro atoms. The summed E-state index contributed by atoms with van der Waals surface area (Å²) in [5.41, 5.74) is 5.23. The summed E-state index contributed by atoms with van der Waals surface area (Å²) in [7, 11) is 1.66. The highest BCUT2D eigenvalue weighted by Crippen LogP contribution is 1.93. The molecule has 0 radical (unpaired) electrons. The van der Waals surface area contributed by atoms with Gasteiger partial charge in [-0.05, 0) is 13.8 Å². The van der Waals surface area contributed by atoms with E-state index in [1.807, 2.05) is 6.92 Å². The van der Waals surface area contributed by atoms with Gasteiger partial charge in [-0.3, -0.25) is 9.59 Å². The number of primary amides is 1. The van der Waals surface area contributed by atoms with Crippen LogP contribution in [-0.4, -0.2) is 30.3 Å². The number of carbonyl (C=O) groups is 2. The molecule has 0 bridgehead atoms. The fourth-order valence-corrected chi connectivity index (χ4v) is 0.522. The zero-order chi connectivity index (χ0) is 9.72. The molecule has 0 fully saturated rings. The van der Waals surface area contributed by atoms with Crippen molar-refractivity contribution < 1.29 is 9.59 Å². The van der Waals surface area contributed by atoms with Gasteiger partial charge in [-0.25, -0.2) is 0 Å². The standard InChI is InChI=1S/C8H14N2O2/c1-4-10(3)7(11)5-6(2)8(9)12/h5H,4H2,1-3H3,(H2,9,12)/b6-5+. The molecule has 0 aliphatic carbocycles. The Morgan fingerprint density at radius 2 is 2.00 bits per heavy atom. The van der Waals surface area contributed by atoms with E-state index in [-0.39, 0.29) is 11.5 Å². The monoisotopic (exact) mass is 170 g/mol. The molecule has 0 heterocycles. The van der Waals surface area contributed by atoms with Gasteiger partial charge in [-0.1, -0.05) is 0 Å². The summed E-state index contributed by atoms with van der Waals surface area (Å²) < 4.78 is 0. The first-order chi connectivity index (χ1) is 5.49. The number of hydrogen-bond donors (Lipinski definition) is 1. The Balaban J connectivity index is 4.34. The first-order valence-electron chi connectivity index (χ1n) is 3.72. The normalized spacial score (nSPS) is 11.1. The highest BCUT2D eigenvalue weighted by atomic mass is 16.2. The Morgan fingerprint density at radius 3 is 2.33 bits per heavy atom. The van der Waals surface area contributed by atoms with E-state index in [0.29, 0.717) is 6.54 Å². The highest BCUT2D eigenvalue weighted by Gasteiger charge is 2.05. The van der Waals surface area contributed by atoms with Crippen molar-refractivity contribution in [2.75, 3.05) is 13.6 Å². The van der Waals surface area contributed by atoms with Crippen molar-refractivity contribution in [3.8, 4) is 0 Å².